The molecule has 2 N–H and O–H groups in total. The lowest BCUT2D eigenvalue weighted by Gasteiger charge is -2.11. The van der Waals surface area contributed by atoms with Crippen molar-refractivity contribution >= 4 is 29.9 Å². The number of methoxy groups -OCH3 is 1. The summed E-state index contributed by atoms with van der Waals surface area (Å²) in [6.45, 7) is 6.61. The fraction of sp³-hybridized carbons (Fsp3) is 0.600. The first kappa shape index (κ1) is 19.9. The Balaban J connectivity index is 0.00000400. The average molecular weight is 406 g/mol. The van der Waals surface area contributed by atoms with E-state index in [4.69, 9.17) is 4.74 Å². The maximum absolute atomic E-state index is 5.11. The number of guanidine groups is 1. The summed E-state index contributed by atoms with van der Waals surface area (Å²) in [5.74, 6) is 1.46. The standard InChI is InChI=1S/C15H26N4O.HI/c1-4-6-7-11-17-15(16-5-2)18-12-13-9-8-10-14(19-13)20-3;/h8-10H,4-7,11-12H2,1-3H3,(H2,16,17,18);1H. The van der Waals surface area contributed by atoms with Crippen molar-refractivity contribution in [1.29, 1.82) is 0 Å². The van der Waals surface area contributed by atoms with E-state index in [1.165, 1.54) is 19.3 Å². The summed E-state index contributed by atoms with van der Waals surface area (Å²) in [7, 11) is 1.62. The van der Waals surface area contributed by atoms with Gasteiger partial charge in [-0.15, -0.1) is 24.0 Å². The molecular weight excluding hydrogens is 379 g/mol. The summed E-state index contributed by atoms with van der Waals surface area (Å²) in [6.07, 6.45) is 3.63. The number of aromatic nitrogens is 1. The molecule has 0 atom stereocenters. The summed E-state index contributed by atoms with van der Waals surface area (Å²) in [4.78, 5) is 8.88. The van der Waals surface area contributed by atoms with Crippen LogP contribution in [0.4, 0.5) is 0 Å². The zero-order chi connectivity index (χ0) is 14.6. The molecule has 1 aromatic rings. The quantitative estimate of drug-likeness (QED) is 0.302. The SMILES string of the molecule is CCCCCNC(=NCc1cccc(OC)n1)NCC.I. The van der Waals surface area contributed by atoms with E-state index in [0.29, 0.717) is 12.4 Å². The molecule has 120 valence electrons. The number of ether oxygens (including phenoxy) is 1. The second kappa shape index (κ2) is 12.7. The molecule has 0 aromatic carbocycles. The van der Waals surface area contributed by atoms with E-state index in [9.17, 15) is 0 Å². The second-order valence-corrected chi connectivity index (χ2v) is 4.50. The number of nitrogens with zero attached hydrogens (tertiary/aromatic N) is 2. The monoisotopic (exact) mass is 406 g/mol. The molecule has 0 unspecified atom stereocenters. The highest BCUT2D eigenvalue weighted by molar-refractivity contribution is 14.0. The molecule has 21 heavy (non-hydrogen) atoms. The van der Waals surface area contributed by atoms with Gasteiger partial charge in [-0.25, -0.2) is 9.98 Å². The van der Waals surface area contributed by atoms with Crippen molar-refractivity contribution in [3.8, 4) is 5.88 Å². The molecule has 1 rings (SSSR count). The van der Waals surface area contributed by atoms with Crippen molar-refractivity contribution in [3.05, 3.63) is 23.9 Å². The van der Waals surface area contributed by atoms with Gasteiger partial charge >= 0.3 is 0 Å². The van der Waals surface area contributed by atoms with Crippen molar-refractivity contribution < 1.29 is 4.74 Å². The molecule has 0 bridgehead atoms. The van der Waals surface area contributed by atoms with Crippen LogP contribution in [0.15, 0.2) is 23.2 Å². The number of rotatable bonds is 8. The normalized spacial score (nSPS) is 10.7. The smallest absolute Gasteiger partial charge is 0.213 e. The second-order valence-electron chi connectivity index (χ2n) is 4.50. The Morgan fingerprint density at radius 2 is 2.05 bits per heavy atom. The van der Waals surface area contributed by atoms with Crippen LogP contribution in [-0.2, 0) is 6.54 Å². The molecular formula is C15H27IN4O. The van der Waals surface area contributed by atoms with Crippen molar-refractivity contribution in [2.75, 3.05) is 20.2 Å². The zero-order valence-corrected chi connectivity index (χ0v) is 15.5. The molecule has 0 aliphatic carbocycles. The molecule has 5 nitrogen and oxygen atoms in total. The first-order valence-electron chi connectivity index (χ1n) is 7.32. The lowest BCUT2D eigenvalue weighted by molar-refractivity contribution is 0.396. The molecule has 0 saturated heterocycles. The van der Waals surface area contributed by atoms with Gasteiger partial charge < -0.3 is 15.4 Å². The fourth-order valence-corrected chi connectivity index (χ4v) is 1.74. The van der Waals surface area contributed by atoms with Crippen molar-refractivity contribution in [1.82, 2.24) is 15.6 Å². The first-order chi connectivity index (χ1) is 9.80. The van der Waals surface area contributed by atoms with E-state index in [-0.39, 0.29) is 24.0 Å². The third-order valence-corrected chi connectivity index (χ3v) is 2.81. The molecule has 0 spiro atoms. The molecule has 6 heteroatoms. The summed E-state index contributed by atoms with van der Waals surface area (Å²) < 4.78 is 5.11. The third kappa shape index (κ3) is 8.75. The van der Waals surface area contributed by atoms with Gasteiger partial charge in [-0.3, -0.25) is 0 Å². The Labute approximate surface area is 145 Å². The van der Waals surface area contributed by atoms with E-state index in [2.05, 4.69) is 34.5 Å². The van der Waals surface area contributed by atoms with Crippen LogP contribution in [0.1, 0.15) is 38.8 Å². The van der Waals surface area contributed by atoms with Crippen LogP contribution in [0, 0.1) is 0 Å². The topological polar surface area (TPSA) is 58.5 Å². The number of hydrogen-bond donors (Lipinski definition) is 2. The van der Waals surface area contributed by atoms with Crippen molar-refractivity contribution in [3.63, 3.8) is 0 Å². The van der Waals surface area contributed by atoms with Gasteiger partial charge in [-0.05, 0) is 19.4 Å². The maximum Gasteiger partial charge on any atom is 0.213 e. The highest BCUT2D eigenvalue weighted by atomic mass is 127. The highest BCUT2D eigenvalue weighted by Crippen LogP contribution is 2.07. The number of halogens is 1. The minimum Gasteiger partial charge on any atom is -0.481 e. The zero-order valence-electron chi connectivity index (χ0n) is 13.2. The lowest BCUT2D eigenvalue weighted by Crippen LogP contribution is -2.37. The molecule has 0 aliphatic heterocycles. The van der Waals surface area contributed by atoms with Crippen LogP contribution >= 0.6 is 24.0 Å². The van der Waals surface area contributed by atoms with Gasteiger partial charge in [-0.1, -0.05) is 25.8 Å². The predicted octanol–water partition coefficient (Wildman–Crippen LogP) is 2.95. The van der Waals surface area contributed by atoms with Crippen LogP contribution in [0.2, 0.25) is 0 Å². The maximum atomic E-state index is 5.11. The Morgan fingerprint density at radius 1 is 1.24 bits per heavy atom. The Kier molecular flexibility index (Phi) is 12.0. The molecule has 0 radical (unpaired) electrons. The van der Waals surface area contributed by atoms with E-state index >= 15 is 0 Å². The third-order valence-electron chi connectivity index (χ3n) is 2.81. The van der Waals surface area contributed by atoms with Gasteiger partial charge in [-0.2, -0.15) is 0 Å². The largest absolute Gasteiger partial charge is 0.481 e. The molecule has 0 fully saturated rings. The van der Waals surface area contributed by atoms with Crippen molar-refractivity contribution in [2.45, 2.75) is 39.7 Å². The van der Waals surface area contributed by atoms with Gasteiger partial charge in [0.2, 0.25) is 5.88 Å². The minimum absolute atomic E-state index is 0. The minimum atomic E-state index is 0. The van der Waals surface area contributed by atoms with E-state index in [1.54, 1.807) is 7.11 Å². The lowest BCUT2D eigenvalue weighted by atomic mass is 10.2. The van der Waals surface area contributed by atoms with Crippen LogP contribution in [0.25, 0.3) is 0 Å². The Hall–Kier alpha value is -1.05. The molecule has 1 heterocycles. The predicted molar refractivity (Wildman–Crippen MR) is 98.5 cm³/mol. The van der Waals surface area contributed by atoms with Crippen LogP contribution in [0.5, 0.6) is 5.88 Å². The van der Waals surface area contributed by atoms with E-state index < -0.39 is 0 Å². The molecule has 0 saturated carbocycles. The van der Waals surface area contributed by atoms with Gasteiger partial charge in [0.1, 0.15) is 0 Å². The summed E-state index contributed by atoms with van der Waals surface area (Å²) >= 11 is 0. The number of pyridine rings is 1. The Morgan fingerprint density at radius 3 is 2.71 bits per heavy atom. The van der Waals surface area contributed by atoms with E-state index in [1.807, 2.05) is 18.2 Å². The number of aliphatic imine (C=N–C) groups is 1. The van der Waals surface area contributed by atoms with Gasteiger partial charge in [0.15, 0.2) is 5.96 Å². The summed E-state index contributed by atoms with van der Waals surface area (Å²) in [5.41, 5.74) is 0.898. The van der Waals surface area contributed by atoms with E-state index in [0.717, 1.165) is 24.7 Å². The number of nitrogens with one attached hydrogen (secondary N) is 2. The Bertz CT molecular complexity index is 412. The summed E-state index contributed by atoms with van der Waals surface area (Å²) in [6, 6.07) is 5.71. The average Bonchev–Trinajstić information content (AvgIpc) is 2.49. The summed E-state index contributed by atoms with van der Waals surface area (Å²) in [5, 5.41) is 6.57. The fourth-order valence-electron chi connectivity index (χ4n) is 1.74. The molecule has 1 aromatic heterocycles. The number of unbranched alkanes of at least 4 members (excludes halogenated alkanes) is 2. The van der Waals surface area contributed by atoms with Gasteiger partial charge in [0.25, 0.3) is 0 Å². The molecule has 0 aliphatic rings. The molecule has 0 amide bonds. The first-order valence-corrected chi connectivity index (χ1v) is 7.32. The van der Waals surface area contributed by atoms with Crippen LogP contribution in [0.3, 0.4) is 0 Å². The van der Waals surface area contributed by atoms with Gasteiger partial charge in [0, 0.05) is 19.2 Å². The van der Waals surface area contributed by atoms with Crippen molar-refractivity contribution in [2.24, 2.45) is 4.99 Å². The van der Waals surface area contributed by atoms with Crippen LogP contribution < -0.4 is 15.4 Å². The highest BCUT2D eigenvalue weighted by Gasteiger charge is 1.99. The number of hydrogen-bond acceptors (Lipinski definition) is 3. The van der Waals surface area contributed by atoms with Crippen LogP contribution in [-0.4, -0.2) is 31.1 Å². The van der Waals surface area contributed by atoms with Gasteiger partial charge in [0.05, 0.1) is 19.3 Å².